The van der Waals surface area contributed by atoms with Crippen LogP contribution in [0.25, 0.3) is 10.8 Å². The number of aromatic nitrogens is 1. The maximum absolute atomic E-state index is 5.58. The molecule has 1 N–H and O–H groups in total. The summed E-state index contributed by atoms with van der Waals surface area (Å²) in [4.78, 5) is 5.60. The van der Waals surface area contributed by atoms with Gasteiger partial charge < -0.3 is 22.0 Å². The minimum absolute atomic E-state index is 0. The highest BCUT2D eigenvalue weighted by Gasteiger charge is 2.13. The number of methoxy groups -OCH3 is 1. The average molecular weight is 329 g/mol. The molecule has 3 nitrogen and oxygen atoms in total. The second-order valence-corrected chi connectivity index (χ2v) is 5.64. The Balaban J connectivity index is 0.00000192. The van der Waals surface area contributed by atoms with Gasteiger partial charge in [-0.1, -0.05) is 36.4 Å². The molecule has 0 aliphatic heterocycles. The molecule has 120 valence electrons. The molecule has 0 bridgehead atoms. The lowest BCUT2D eigenvalue weighted by Gasteiger charge is -2.17. The molecule has 0 saturated carbocycles. The fraction of sp³-hybridized carbons (Fsp3) is 0.211. The Bertz CT molecular complexity index is 762. The van der Waals surface area contributed by atoms with Crippen molar-refractivity contribution in [1.29, 1.82) is 0 Å². The Morgan fingerprint density at radius 1 is 1.00 bits per heavy atom. The number of benzene rings is 2. The number of fused-ring (bicyclic) bond motifs is 1. The van der Waals surface area contributed by atoms with Crippen molar-refractivity contribution in [3.8, 4) is 5.75 Å². The monoisotopic (exact) mass is 328 g/mol. The van der Waals surface area contributed by atoms with Gasteiger partial charge in [-0.05, 0) is 22.9 Å². The first-order valence-electron chi connectivity index (χ1n) is 7.53. The van der Waals surface area contributed by atoms with E-state index in [0.29, 0.717) is 0 Å². The molecule has 0 fully saturated rings. The van der Waals surface area contributed by atoms with Crippen LogP contribution in [0, 0.1) is 0 Å². The number of nitrogens with one attached hydrogen (secondary N) is 1. The van der Waals surface area contributed by atoms with Gasteiger partial charge in [0, 0.05) is 18.0 Å². The van der Waals surface area contributed by atoms with Crippen molar-refractivity contribution >= 4 is 10.8 Å². The van der Waals surface area contributed by atoms with E-state index < -0.39 is 0 Å². The van der Waals surface area contributed by atoms with Crippen LogP contribution in [0.2, 0.25) is 0 Å². The molecule has 0 radical (unpaired) electrons. The van der Waals surface area contributed by atoms with E-state index in [2.05, 4.69) is 54.5 Å². The molecule has 1 heterocycles. The molecule has 0 aliphatic rings. The van der Waals surface area contributed by atoms with E-state index in [1.807, 2.05) is 18.5 Å². The molecule has 0 aliphatic carbocycles. The average Bonchev–Trinajstić information content (AvgIpc) is 2.56. The standard InChI is InChI=1S/C19H20N2O.ClH/c1-21(13-15-6-5-11-20-12-15)14-18-17-8-4-3-7-16(17)9-10-19(18)22-2;/h3-12H,13-14H2,1-2H3;1H. The Labute approximate surface area is 143 Å². The number of rotatable bonds is 5. The van der Waals surface area contributed by atoms with Crippen molar-refractivity contribution in [2.75, 3.05) is 14.2 Å². The van der Waals surface area contributed by atoms with Crippen molar-refractivity contribution in [2.45, 2.75) is 13.1 Å². The summed E-state index contributed by atoms with van der Waals surface area (Å²) in [6, 6.07) is 16.8. The summed E-state index contributed by atoms with van der Waals surface area (Å²) in [6.07, 6.45) is 3.75. The molecule has 1 unspecified atom stereocenters. The molecule has 2 aromatic carbocycles. The first kappa shape index (κ1) is 17.3. The maximum atomic E-state index is 5.58. The first-order chi connectivity index (χ1) is 10.8. The number of nitrogens with zero attached hydrogens (tertiary/aromatic N) is 1. The van der Waals surface area contributed by atoms with Crippen LogP contribution in [0.15, 0.2) is 60.9 Å². The van der Waals surface area contributed by atoms with Crippen LogP contribution in [0.3, 0.4) is 0 Å². The predicted octanol–water partition coefficient (Wildman–Crippen LogP) is -0.538. The molecule has 4 heteroatoms. The van der Waals surface area contributed by atoms with Crippen LogP contribution >= 0.6 is 0 Å². The van der Waals surface area contributed by atoms with Gasteiger partial charge in [0.1, 0.15) is 18.8 Å². The molecular weight excluding hydrogens is 308 g/mol. The second kappa shape index (κ2) is 7.95. The molecule has 0 amide bonds. The van der Waals surface area contributed by atoms with Gasteiger partial charge in [-0.2, -0.15) is 0 Å². The highest BCUT2D eigenvalue weighted by molar-refractivity contribution is 5.87. The Morgan fingerprint density at radius 2 is 1.83 bits per heavy atom. The highest BCUT2D eigenvalue weighted by atomic mass is 35.5. The molecule has 1 atom stereocenters. The molecule has 0 saturated heterocycles. The van der Waals surface area contributed by atoms with Crippen LogP contribution in [0.4, 0.5) is 0 Å². The van der Waals surface area contributed by atoms with Gasteiger partial charge in [0.15, 0.2) is 0 Å². The lowest BCUT2D eigenvalue weighted by Crippen LogP contribution is -3.06. The van der Waals surface area contributed by atoms with Crippen LogP contribution < -0.4 is 22.0 Å². The lowest BCUT2D eigenvalue weighted by atomic mass is 10.0. The van der Waals surface area contributed by atoms with Gasteiger partial charge >= 0.3 is 0 Å². The predicted molar refractivity (Wildman–Crippen MR) is 89.0 cm³/mol. The van der Waals surface area contributed by atoms with E-state index in [1.165, 1.54) is 26.8 Å². The molecule has 1 aromatic heterocycles. The number of quaternary nitrogens is 1. The van der Waals surface area contributed by atoms with Gasteiger partial charge in [0.25, 0.3) is 0 Å². The SMILES string of the molecule is COc1ccc2ccccc2c1C[NH+](C)Cc1cccnc1.[Cl-]. The summed E-state index contributed by atoms with van der Waals surface area (Å²) in [5, 5.41) is 2.53. The molecule has 23 heavy (non-hydrogen) atoms. The van der Waals surface area contributed by atoms with Crippen molar-refractivity contribution in [3.63, 3.8) is 0 Å². The maximum Gasteiger partial charge on any atom is 0.128 e. The zero-order chi connectivity index (χ0) is 15.4. The quantitative estimate of drug-likeness (QED) is 0.681. The van der Waals surface area contributed by atoms with E-state index >= 15 is 0 Å². The minimum Gasteiger partial charge on any atom is -1.00 e. The van der Waals surface area contributed by atoms with Gasteiger partial charge in [-0.25, -0.2) is 0 Å². The topological polar surface area (TPSA) is 26.6 Å². The first-order valence-corrected chi connectivity index (χ1v) is 7.53. The summed E-state index contributed by atoms with van der Waals surface area (Å²) in [6.45, 7) is 1.86. The summed E-state index contributed by atoms with van der Waals surface area (Å²) in [7, 11) is 3.94. The van der Waals surface area contributed by atoms with E-state index in [4.69, 9.17) is 4.74 Å². The Kier molecular flexibility index (Phi) is 5.97. The van der Waals surface area contributed by atoms with Crippen molar-refractivity contribution in [2.24, 2.45) is 0 Å². The Hall–Kier alpha value is -2.10. The third kappa shape index (κ3) is 4.01. The fourth-order valence-electron chi connectivity index (χ4n) is 2.90. The second-order valence-electron chi connectivity index (χ2n) is 5.64. The lowest BCUT2D eigenvalue weighted by molar-refractivity contribution is -0.907. The van der Waals surface area contributed by atoms with Gasteiger partial charge in [0.05, 0.1) is 19.7 Å². The number of ether oxygens (including phenoxy) is 1. The Morgan fingerprint density at radius 3 is 2.57 bits per heavy atom. The van der Waals surface area contributed by atoms with Crippen molar-refractivity contribution < 1.29 is 22.0 Å². The number of hydrogen-bond acceptors (Lipinski definition) is 2. The number of halogens is 1. The minimum atomic E-state index is 0. The summed E-state index contributed by atoms with van der Waals surface area (Å²) in [5.41, 5.74) is 2.51. The van der Waals surface area contributed by atoms with E-state index in [1.54, 1.807) is 7.11 Å². The van der Waals surface area contributed by atoms with Crippen LogP contribution in [0.5, 0.6) is 5.75 Å². The van der Waals surface area contributed by atoms with Gasteiger partial charge in [-0.15, -0.1) is 0 Å². The molecule has 0 spiro atoms. The number of hydrogen-bond donors (Lipinski definition) is 1. The highest BCUT2D eigenvalue weighted by Crippen LogP contribution is 2.27. The van der Waals surface area contributed by atoms with E-state index in [9.17, 15) is 0 Å². The summed E-state index contributed by atoms with van der Waals surface area (Å²) < 4.78 is 5.58. The largest absolute Gasteiger partial charge is 1.00 e. The normalized spacial score (nSPS) is 11.7. The summed E-state index contributed by atoms with van der Waals surface area (Å²) >= 11 is 0. The smallest absolute Gasteiger partial charge is 0.128 e. The zero-order valence-electron chi connectivity index (χ0n) is 13.4. The third-order valence-corrected chi connectivity index (χ3v) is 3.92. The number of pyridine rings is 1. The molecular formula is C19H21ClN2O. The van der Waals surface area contributed by atoms with Crippen LogP contribution in [-0.4, -0.2) is 19.1 Å². The van der Waals surface area contributed by atoms with Crippen LogP contribution in [-0.2, 0) is 13.1 Å². The molecule has 3 aromatic rings. The summed E-state index contributed by atoms with van der Waals surface area (Å²) in [5.74, 6) is 0.962. The molecule has 3 rings (SSSR count). The van der Waals surface area contributed by atoms with E-state index in [0.717, 1.165) is 18.8 Å². The van der Waals surface area contributed by atoms with Crippen LogP contribution in [0.1, 0.15) is 11.1 Å². The third-order valence-electron chi connectivity index (χ3n) is 3.92. The van der Waals surface area contributed by atoms with Crippen molar-refractivity contribution in [3.05, 3.63) is 72.1 Å². The van der Waals surface area contributed by atoms with Crippen molar-refractivity contribution in [1.82, 2.24) is 4.98 Å². The van der Waals surface area contributed by atoms with Gasteiger partial charge in [0.2, 0.25) is 0 Å². The van der Waals surface area contributed by atoms with Gasteiger partial charge in [-0.3, -0.25) is 4.98 Å². The van der Waals surface area contributed by atoms with E-state index in [-0.39, 0.29) is 12.4 Å². The zero-order valence-corrected chi connectivity index (χ0v) is 14.2. The fourth-order valence-corrected chi connectivity index (χ4v) is 2.90.